The summed E-state index contributed by atoms with van der Waals surface area (Å²) in [5.74, 6) is -0.665. The lowest BCUT2D eigenvalue weighted by Crippen LogP contribution is -2.16. The number of fused-ring (bicyclic) bond motifs is 1. The van der Waals surface area contributed by atoms with E-state index in [9.17, 15) is 22.4 Å². The van der Waals surface area contributed by atoms with Gasteiger partial charge in [0.25, 0.3) is 5.91 Å². The minimum absolute atomic E-state index is 0.00851. The number of aromatic nitrogens is 5. The van der Waals surface area contributed by atoms with Crippen LogP contribution in [0.5, 0.6) is 5.75 Å². The number of carbonyl (C=O) groups excluding carboxylic acids is 1. The van der Waals surface area contributed by atoms with Gasteiger partial charge in [-0.05, 0) is 49.4 Å². The molecule has 0 saturated carbocycles. The number of hydrogen-bond donors (Lipinski definition) is 1. The van der Waals surface area contributed by atoms with Crippen LogP contribution >= 0.6 is 11.6 Å². The summed E-state index contributed by atoms with van der Waals surface area (Å²) in [7, 11) is 1.48. The van der Waals surface area contributed by atoms with Crippen molar-refractivity contribution in [3.05, 3.63) is 94.1 Å². The highest BCUT2D eigenvalue weighted by atomic mass is 35.5. The molecule has 0 aliphatic rings. The molecule has 8 nitrogen and oxygen atoms in total. The van der Waals surface area contributed by atoms with Gasteiger partial charge in [-0.25, -0.2) is 13.9 Å². The van der Waals surface area contributed by atoms with Crippen LogP contribution in [0.2, 0.25) is 5.02 Å². The first kappa shape index (κ1) is 26.2. The van der Waals surface area contributed by atoms with Gasteiger partial charge in [-0.3, -0.25) is 9.48 Å². The Morgan fingerprint density at radius 2 is 1.82 bits per heavy atom. The summed E-state index contributed by atoms with van der Waals surface area (Å²) in [6.07, 6.45) is -4.77. The Hall–Kier alpha value is -4.45. The fourth-order valence-corrected chi connectivity index (χ4v) is 4.16. The van der Waals surface area contributed by atoms with Crippen LogP contribution in [-0.4, -0.2) is 37.4 Å². The molecular weight excluding hydrogens is 540 g/mol. The zero-order valence-electron chi connectivity index (χ0n) is 20.4. The minimum atomic E-state index is -4.77. The summed E-state index contributed by atoms with van der Waals surface area (Å²) >= 11 is 6.10. The van der Waals surface area contributed by atoms with E-state index in [1.165, 1.54) is 30.0 Å². The monoisotopic (exact) mass is 558 g/mol. The number of nitrogens with zero attached hydrogens (tertiary/aromatic N) is 5. The summed E-state index contributed by atoms with van der Waals surface area (Å²) < 4.78 is 63.0. The van der Waals surface area contributed by atoms with E-state index in [0.717, 1.165) is 12.1 Å². The van der Waals surface area contributed by atoms with Crippen molar-refractivity contribution >= 4 is 29.0 Å². The number of hydrogen-bond acceptors (Lipinski definition) is 5. The van der Waals surface area contributed by atoms with E-state index in [2.05, 4.69) is 20.5 Å². The first-order chi connectivity index (χ1) is 18.5. The van der Waals surface area contributed by atoms with Crippen LogP contribution in [0.25, 0.3) is 16.9 Å². The molecule has 0 radical (unpaired) electrons. The van der Waals surface area contributed by atoms with Gasteiger partial charge in [0.05, 0.1) is 19.3 Å². The average molecular weight is 559 g/mol. The molecule has 0 saturated heterocycles. The van der Waals surface area contributed by atoms with Gasteiger partial charge in [0.1, 0.15) is 11.6 Å². The van der Waals surface area contributed by atoms with E-state index in [-0.39, 0.29) is 40.0 Å². The molecule has 1 amide bonds. The predicted molar refractivity (Wildman–Crippen MR) is 135 cm³/mol. The van der Waals surface area contributed by atoms with Crippen molar-refractivity contribution in [3.63, 3.8) is 0 Å². The Kier molecular flexibility index (Phi) is 6.73. The standard InChI is InChI=1S/C26H19ClF4N6O2/c1-14-10-23(35-36(14)13-17-18(27)4-3-5-19(17)28)33-25(38)21-12-24-32-20(15-6-8-16(39-2)9-7-15)11-22(26(29,30)31)37(24)34-21/h3-12H,13H2,1-2H3,(H,33,35,38). The number of methoxy groups -OCH3 is 1. The molecule has 0 bridgehead atoms. The molecule has 0 atom stereocenters. The Morgan fingerprint density at radius 3 is 2.49 bits per heavy atom. The number of rotatable bonds is 6. The predicted octanol–water partition coefficient (Wildman–Crippen LogP) is 6.02. The molecule has 2 aromatic carbocycles. The minimum Gasteiger partial charge on any atom is -0.497 e. The van der Waals surface area contributed by atoms with Gasteiger partial charge in [0, 0.05) is 34.0 Å². The maximum Gasteiger partial charge on any atom is 0.433 e. The number of amides is 1. The fourth-order valence-electron chi connectivity index (χ4n) is 3.94. The second-order valence-electron chi connectivity index (χ2n) is 8.54. The molecule has 0 fully saturated rings. The molecule has 39 heavy (non-hydrogen) atoms. The lowest BCUT2D eigenvalue weighted by molar-refractivity contribution is -0.142. The molecular formula is C26H19ClF4N6O2. The second kappa shape index (κ2) is 10.0. The van der Waals surface area contributed by atoms with Crippen molar-refractivity contribution in [1.29, 1.82) is 0 Å². The molecule has 5 aromatic rings. The van der Waals surface area contributed by atoms with Gasteiger partial charge in [0.2, 0.25) is 0 Å². The molecule has 0 spiro atoms. The van der Waals surface area contributed by atoms with E-state index < -0.39 is 23.6 Å². The normalized spacial score (nSPS) is 11.7. The average Bonchev–Trinajstić information content (AvgIpc) is 3.48. The first-order valence-corrected chi connectivity index (χ1v) is 11.8. The van der Waals surface area contributed by atoms with Gasteiger partial charge in [-0.15, -0.1) is 0 Å². The van der Waals surface area contributed by atoms with Gasteiger partial charge in [0.15, 0.2) is 22.9 Å². The van der Waals surface area contributed by atoms with Crippen LogP contribution in [0.4, 0.5) is 23.4 Å². The quantitative estimate of drug-likeness (QED) is 0.258. The third-order valence-electron chi connectivity index (χ3n) is 5.93. The number of benzene rings is 2. The maximum absolute atomic E-state index is 14.2. The smallest absolute Gasteiger partial charge is 0.433 e. The number of aryl methyl sites for hydroxylation is 1. The number of carbonyl (C=O) groups is 1. The lowest BCUT2D eigenvalue weighted by Gasteiger charge is -2.11. The van der Waals surface area contributed by atoms with Crippen molar-refractivity contribution in [1.82, 2.24) is 24.4 Å². The van der Waals surface area contributed by atoms with Crippen LogP contribution in [0.1, 0.15) is 27.4 Å². The third kappa shape index (κ3) is 5.28. The van der Waals surface area contributed by atoms with Crippen molar-refractivity contribution in [2.45, 2.75) is 19.6 Å². The molecule has 3 heterocycles. The van der Waals surface area contributed by atoms with Crippen molar-refractivity contribution in [2.75, 3.05) is 12.4 Å². The summed E-state index contributed by atoms with van der Waals surface area (Å²) in [6.45, 7) is 1.71. The third-order valence-corrected chi connectivity index (χ3v) is 6.28. The fraction of sp³-hybridized carbons (Fsp3) is 0.154. The molecule has 3 aromatic heterocycles. The van der Waals surface area contributed by atoms with Crippen molar-refractivity contribution < 1.29 is 27.1 Å². The zero-order chi connectivity index (χ0) is 27.9. The van der Waals surface area contributed by atoms with Gasteiger partial charge < -0.3 is 10.1 Å². The summed E-state index contributed by atoms with van der Waals surface area (Å²) in [6, 6.07) is 14.2. The number of alkyl halides is 3. The second-order valence-corrected chi connectivity index (χ2v) is 8.94. The van der Waals surface area contributed by atoms with E-state index >= 15 is 0 Å². The Morgan fingerprint density at radius 1 is 1.08 bits per heavy atom. The molecule has 13 heteroatoms. The van der Waals surface area contributed by atoms with E-state index in [1.54, 1.807) is 37.3 Å². The van der Waals surface area contributed by atoms with Crippen molar-refractivity contribution in [2.24, 2.45) is 0 Å². The molecule has 0 aliphatic carbocycles. The molecule has 5 rings (SSSR count). The Balaban J connectivity index is 1.45. The van der Waals surface area contributed by atoms with E-state index in [1.807, 2.05) is 0 Å². The number of halogens is 5. The molecule has 1 N–H and O–H groups in total. The van der Waals surface area contributed by atoms with Gasteiger partial charge in [-0.1, -0.05) is 17.7 Å². The number of nitrogens with one attached hydrogen (secondary N) is 1. The van der Waals surface area contributed by atoms with Crippen LogP contribution in [0, 0.1) is 12.7 Å². The lowest BCUT2D eigenvalue weighted by atomic mass is 10.1. The van der Waals surface area contributed by atoms with Crippen LogP contribution in [0.3, 0.4) is 0 Å². The Labute approximate surface area is 223 Å². The van der Waals surface area contributed by atoms with Crippen molar-refractivity contribution in [3.8, 4) is 17.0 Å². The van der Waals surface area contributed by atoms with Crippen LogP contribution in [-0.2, 0) is 12.7 Å². The highest BCUT2D eigenvalue weighted by molar-refractivity contribution is 6.31. The zero-order valence-corrected chi connectivity index (χ0v) is 21.2. The molecule has 0 aliphatic heterocycles. The number of ether oxygens (including phenoxy) is 1. The molecule has 200 valence electrons. The summed E-state index contributed by atoms with van der Waals surface area (Å²) in [5.41, 5.74) is -0.288. The highest BCUT2D eigenvalue weighted by Crippen LogP contribution is 2.33. The summed E-state index contributed by atoms with van der Waals surface area (Å²) in [5, 5.41) is 10.8. The van der Waals surface area contributed by atoms with Crippen LogP contribution in [0.15, 0.2) is 60.7 Å². The Bertz CT molecular complexity index is 1680. The largest absolute Gasteiger partial charge is 0.497 e. The highest BCUT2D eigenvalue weighted by Gasteiger charge is 2.35. The summed E-state index contributed by atoms with van der Waals surface area (Å²) in [4.78, 5) is 17.2. The van der Waals surface area contributed by atoms with E-state index in [4.69, 9.17) is 16.3 Å². The van der Waals surface area contributed by atoms with E-state index in [0.29, 0.717) is 21.5 Å². The van der Waals surface area contributed by atoms with Gasteiger partial charge in [-0.2, -0.15) is 23.4 Å². The SMILES string of the molecule is COc1ccc(-c2cc(C(F)(F)F)n3nc(C(=O)Nc4cc(C)n(Cc5c(F)cccc5Cl)n4)cc3n2)cc1. The molecule has 0 unspecified atom stereocenters. The first-order valence-electron chi connectivity index (χ1n) is 11.4. The van der Waals surface area contributed by atoms with Gasteiger partial charge >= 0.3 is 6.18 Å². The topological polar surface area (TPSA) is 86.3 Å². The maximum atomic E-state index is 14.2. The van der Waals surface area contributed by atoms with Crippen LogP contribution < -0.4 is 10.1 Å². The number of anilines is 1.